The Bertz CT molecular complexity index is 471. The van der Waals surface area contributed by atoms with Gasteiger partial charge < -0.3 is 18.9 Å². The molecule has 0 saturated carbocycles. The van der Waals surface area contributed by atoms with Gasteiger partial charge >= 0.3 is 0 Å². The third kappa shape index (κ3) is 2.65. The Labute approximate surface area is 119 Å². The zero-order valence-corrected chi connectivity index (χ0v) is 11.8. The Balaban J connectivity index is 1.68. The topological polar surface area (TPSA) is 36.9 Å². The van der Waals surface area contributed by atoms with E-state index in [9.17, 15) is 0 Å². The first-order chi connectivity index (χ1) is 9.59. The van der Waals surface area contributed by atoms with Gasteiger partial charge in [-0.2, -0.15) is 0 Å². The Hall–Kier alpha value is -1.20. The standard InChI is InChI=1S/C16H20O4/c1-4-12-13(17-10-11-8-6-5-7-9-11)14-15(18-12)20-16(2,3)19-14/h4-9,12-15H,1,10H2,2-3H3/t12-,13-,14+,15-/m0/s1. The van der Waals surface area contributed by atoms with Crippen LogP contribution >= 0.6 is 0 Å². The summed E-state index contributed by atoms with van der Waals surface area (Å²) in [6, 6.07) is 10.0. The Morgan fingerprint density at radius 3 is 2.70 bits per heavy atom. The summed E-state index contributed by atoms with van der Waals surface area (Å²) in [5, 5.41) is 0. The minimum absolute atomic E-state index is 0.195. The largest absolute Gasteiger partial charge is 0.368 e. The van der Waals surface area contributed by atoms with Crippen LogP contribution in [0.25, 0.3) is 0 Å². The van der Waals surface area contributed by atoms with Gasteiger partial charge in [0, 0.05) is 0 Å². The lowest BCUT2D eigenvalue weighted by Crippen LogP contribution is -2.35. The first-order valence-corrected chi connectivity index (χ1v) is 6.88. The van der Waals surface area contributed by atoms with Gasteiger partial charge in [0.15, 0.2) is 12.1 Å². The molecular weight excluding hydrogens is 256 g/mol. The summed E-state index contributed by atoms with van der Waals surface area (Å²) in [7, 11) is 0. The fourth-order valence-corrected chi connectivity index (χ4v) is 2.65. The van der Waals surface area contributed by atoms with Gasteiger partial charge in [0.05, 0.1) is 6.61 Å². The van der Waals surface area contributed by atoms with Crippen molar-refractivity contribution in [3.8, 4) is 0 Å². The molecule has 20 heavy (non-hydrogen) atoms. The summed E-state index contributed by atoms with van der Waals surface area (Å²) in [5.74, 6) is -0.629. The lowest BCUT2D eigenvalue weighted by molar-refractivity contribution is -0.213. The number of rotatable bonds is 4. The van der Waals surface area contributed by atoms with Crippen LogP contribution in [0.4, 0.5) is 0 Å². The second-order valence-corrected chi connectivity index (χ2v) is 5.57. The van der Waals surface area contributed by atoms with Crippen molar-refractivity contribution in [1.29, 1.82) is 0 Å². The summed E-state index contributed by atoms with van der Waals surface area (Å²) in [5.41, 5.74) is 1.12. The van der Waals surface area contributed by atoms with Crippen molar-refractivity contribution < 1.29 is 18.9 Å². The molecule has 2 aliphatic heterocycles. The molecule has 2 aliphatic rings. The molecule has 0 aromatic heterocycles. The Morgan fingerprint density at radius 1 is 1.25 bits per heavy atom. The third-order valence-electron chi connectivity index (χ3n) is 3.54. The van der Waals surface area contributed by atoms with E-state index in [0.717, 1.165) is 5.56 Å². The molecule has 0 spiro atoms. The first kappa shape index (κ1) is 13.8. The van der Waals surface area contributed by atoms with Gasteiger partial charge in [0.2, 0.25) is 0 Å². The summed E-state index contributed by atoms with van der Waals surface area (Å²) in [6.45, 7) is 8.08. The Kier molecular flexibility index (Phi) is 3.65. The van der Waals surface area contributed by atoms with E-state index in [2.05, 4.69) is 6.58 Å². The minimum atomic E-state index is -0.629. The molecule has 0 N–H and O–H groups in total. The average Bonchev–Trinajstić information content (AvgIpc) is 2.89. The molecule has 4 heteroatoms. The lowest BCUT2D eigenvalue weighted by Gasteiger charge is -2.24. The molecule has 0 bridgehead atoms. The highest BCUT2D eigenvalue weighted by molar-refractivity contribution is 5.13. The number of benzene rings is 1. The average molecular weight is 276 g/mol. The smallest absolute Gasteiger partial charge is 0.190 e. The predicted octanol–water partition coefficient (Wildman–Crippen LogP) is 2.63. The van der Waals surface area contributed by atoms with E-state index in [4.69, 9.17) is 18.9 Å². The van der Waals surface area contributed by atoms with Crippen molar-refractivity contribution in [2.75, 3.05) is 0 Å². The molecule has 0 aliphatic carbocycles. The van der Waals surface area contributed by atoms with E-state index >= 15 is 0 Å². The maximum atomic E-state index is 6.00. The first-order valence-electron chi connectivity index (χ1n) is 6.88. The molecule has 2 fully saturated rings. The van der Waals surface area contributed by atoms with Crippen LogP contribution in [0, 0.1) is 0 Å². The maximum absolute atomic E-state index is 6.00. The molecular formula is C16H20O4. The highest BCUT2D eigenvalue weighted by Gasteiger charge is 2.54. The number of fused-ring (bicyclic) bond motifs is 1. The molecule has 108 valence electrons. The lowest BCUT2D eigenvalue weighted by atomic mass is 10.1. The van der Waals surface area contributed by atoms with Gasteiger partial charge in [-0.1, -0.05) is 36.4 Å². The van der Waals surface area contributed by atoms with Gasteiger partial charge in [-0.05, 0) is 19.4 Å². The zero-order chi connectivity index (χ0) is 14.2. The van der Waals surface area contributed by atoms with E-state index in [1.165, 1.54) is 0 Å². The van der Waals surface area contributed by atoms with Gasteiger partial charge in [0.1, 0.15) is 18.3 Å². The van der Waals surface area contributed by atoms with Crippen LogP contribution in [-0.4, -0.2) is 30.4 Å². The highest BCUT2D eigenvalue weighted by Crippen LogP contribution is 2.39. The summed E-state index contributed by atoms with van der Waals surface area (Å²) in [4.78, 5) is 0. The molecule has 4 atom stereocenters. The molecule has 4 nitrogen and oxygen atoms in total. The highest BCUT2D eigenvalue weighted by atomic mass is 16.8. The zero-order valence-electron chi connectivity index (χ0n) is 11.8. The molecule has 0 amide bonds. The Morgan fingerprint density at radius 2 is 2.00 bits per heavy atom. The van der Waals surface area contributed by atoms with Gasteiger partial charge in [0.25, 0.3) is 0 Å². The van der Waals surface area contributed by atoms with Crippen LogP contribution in [-0.2, 0) is 25.6 Å². The van der Waals surface area contributed by atoms with Crippen LogP contribution < -0.4 is 0 Å². The summed E-state index contributed by atoms with van der Waals surface area (Å²) >= 11 is 0. The second-order valence-electron chi connectivity index (χ2n) is 5.57. The van der Waals surface area contributed by atoms with E-state index < -0.39 is 5.79 Å². The number of hydrogen-bond donors (Lipinski definition) is 0. The van der Waals surface area contributed by atoms with Gasteiger partial charge in [-0.25, -0.2) is 0 Å². The van der Waals surface area contributed by atoms with Crippen LogP contribution in [0.5, 0.6) is 0 Å². The van der Waals surface area contributed by atoms with E-state index in [-0.39, 0.29) is 24.6 Å². The number of ether oxygens (including phenoxy) is 4. The van der Waals surface area contributed by atoms with Crippen LogP contribution in [0.15, 0.2) is 43.0 Å². The van der Waals surface area contributed by atoms with Crippen molar-refractivity contribution >= 4 is 0 Å². The van der Waals surface area contributed by atoms with Gasteiger partial charge in [-0.3, -0.25) is 0 Å². The minimum Gasteiger partial charge on any atom is -0.368 e. The summed E-state index contributed by atoms with van der Waals surface area (Å²) < 4.78 is 23.4. The molecule has 1 aromatic carbocycles. The third-order valence-corrected chi connectivity index (χ3v) is 3.54. The SMILES string of the molecule is C=C[C@@H]1O[C@H]2OC(C)(C)O[C@@H]2[C@H]1OCc1ccccc1. The van der Waals surface area contributed by atoms with E-state index in [1.54, 1.807) is 6.08 Å². The monoisotopic (exact) mass is 276 g/mol. The molecule has 2 heterocycles. The van der Waals surface area contributed by atoms with Crippen molar-refractivity contribution in [1.82, 2.24) is 0 Å². The molecule has 3 rings (SSSR count). The van der Waals surface area contributed by atoms with Crippen LogP contribution in [0.2, 0.25) is 0 Å². The number of hydrogen-bond acceptors (Lipinski definition) is 4. The van der Waals surface area contributed by atoms with Crippen molar-refractivity contribution in [2.45, 2.75) is 50.8 Å². The van der Waals surface area contributed by atoms with E-state index in [1.807, 2.05) is 44.2 Å². The molecule has 2 saturated heterocycles. The maximum Gasteiger partial charge on any atom is 0.190 e. The predicted molar refractivity (Wildman–Crippen MR) is 73.9 cm³/mol. The van der Waals surface area contributed by atoms with Crippen LogP contribution in [0.1, 0.15) is 19.4 Å². The van der Waals surface area contributed by atoms with Crippen LogP contribution in [0.3, 0.4) is 0 Å². The van der Waals surface area contributed by atoms with Gasteiger partial charge in [-0.15, -0.1) is 6.58 Å². The van der Waals surface area contributed by atoms with Crippen molar-refractivity contribution in [3.63, 3.8) is 0 Å². The second kappa shape index (κ2) is 5.30. The quantitative estimate of drug-likeness (QED) is 0.792. The van der Waals surface area contributed by atoms with Crippen molar-refractivity contribution in [3.05, 3.63) is 48.6 Å². The molecule has 1 aromatic rings. The summed E-state index contributed by atoms with van der Waals surface area (Å²) in [6.07, 6.45) is 0.753. The normalized spacial score (nSPS) is 34.9. The van der Waals surface area contributed by atoms with Crippen molar-refractivity contribution in [2.24, 2.45) is 0 Å². The fourth-order valence-electron chi connectivity index (χ4n) is 2.65. The fraction of sp³-hybridized carbons (Fsp3) is 0.500. The molecule has 0 radical (unpaired) electrons. The van der Waals surface area contributed by atoms with E-state index in [0.29, 0.717) is 6.61 Å². The molecule has 0 unspecified atom stereocenters.